The Morgan fingerprint density at radius 1 is 1.36 bits per heavy atom. The van der Waals surface area contributed by atoms with Crippen LogP contribution in [0, 0.1) is 0 Å². The molecule has 1 saturated carbocycles. The average molecular weight is 345 g/mol. The van der Waals surface area contributed by atoms with Crippen molar-refractivity contribution < 1.29 is 14.5 Å². The largest absolute Gasteiger partial charge is 0.348 e. The maximum Gasteiger partial charge on any atom is 0.282 e. The first-order valence-electron chi connectivity index (χ1n) is 7.24. The van der Waals surface area contributed by atoms with Gasteiger partial charge in [0.1, 0.15) is 0 Å². The lowest BCUT2D eigenvalue weighted by Crippen LogP contribution is -3.15. The van der Waals surface area contributed by atoms with E-state index in [9.17, 15) is 9.59 Å². The monoisotopic (exact) mass is 344 g/mol. The second-order valence-corrected chi connectivity index (χ2v) is 6.54. The van der Waals surface area contributed by atoms with E-state index in [2.05, 4.69) is 10.6 Å². The molecule has 1 unspecified atom stereocenters. The summed E-state index contributed by atoms with van der Waals surface area (Å²) in [4.78, 5) is 24.9. The van der Waals surface area contributed by atoms with Gasteiger partial charge in [0.2, 0.25) is 0 Å². The SMILES string of the molecule is C[C@H](C(=O)Nc1cc(Cl)ccc1Cl)[NH+](C)CC(=O)NC1CC1. The fourth-order valence-corrected chi connectivity index (χ4v) is 2.31. The van der Waals surface area contributed by atoms with Gasteiger partial charge in [-0.3, -0.25) is 9.59 Å². The Morgan fingerprint density at radius 3 is 2.68 bits per heavy atom. The molecule has 120 valence electrons. The van der Waals surface area contributed by atoms with Gasteiger partial charge in [-0.1, -0.05) is 23.2 Å². The van der Waals surface area contributed by atoms with E-state index >= 15 is 0 Å². The highest BCUT2D eigenvalue weighted by Crippen LogP contribution is 2.25. The number of hydrogen-bond donors (Lipinski definition) is 3. The lowest BCUT2D eigenvalue weighted by atomic mass is 10.2. The molecule has 0 spiro atoms. The predicted molar refractivity (Wildman–Crippen MR) is 87.5 cm³/mol. The van der Waals surface area contributed by atoms with E-state index < -0.39 is 0 Å². The molecule has 2 rings (SSSR count). The lowest BCUT2D eigenvalue weighted by Gasteiger charge is -2.21. The van der Waals surface area contributed by atoms with Crippen molar-refractivity contribution in [2.45, 2.75) is 31.8 Å². The zero-order valence-electron chi connectivity index (χ0n) is 12.6. The number of benzene rings is 1. The van der Waals surface area contributed by atoms with Crippen LogP contribution in [-0.2, 0) is 9.59 Å². The van der Waals surface area contributed by atoms with Crippen LogP contribution < -0.4 is 15.5 Å². The third-order valence-corrected chi connectivity index (χ3v) is 4.27. The number of likely N-dealkylation sites (N-methyl/N-ethyl adjacent to an activating group) is 1. The number of carbonyl (C=O) groups is 2. The van der Waals surface area contributed by atoms with Gasteiger partial charge in [-0.25, -0.2) is 0 Å². The first kappa shape index (κ1) is 17.1. The van der Waals surface area contributed by atoms with E-state index in [1.807, 2.05) is 7.05 Å². The van der Waals surface area contributed by atoms with E-state index in [0.717, 1.165) is 17.7 Å². The van der Waals surface area contributed by atoms with Gasteiger partial charge in [-0.05, 0) is 38.0 Å². The molecular weight excluding hydrogens is 325 g/mol. The molecular formula is C15H20Cl2N3O2+. The van der Waals surface area contributed by atoms with Crippen LogP contribution in [0.3, 0.4) is 0 Å². The Balaban J connectivity index is 1.89. The van der Waals surface area contributed by atoms with E-state index in [4.69, 9.17) is 23.2 Å². The highest BCUT2D eigenvalue weighted by atomic mass is 35.5. The highest BCUT2D eigenvalue weighted by molar-refractivity contribution is 6.35. The standard InChI is InChI=1S/C15H19Cl2N3O2/c1-9(20(2)8-14(21)18-11-4-5-11)15(22)19-13-7-10(16)3-6-12(13)17/h3,6-7,9,11H,4-5,8H2,1-2H3,(H,18,21)(H,19,22)/p+1/t9-/m1/s1. The summed E-state index contributed by atoms with van der Waals surface area (Å²) in [6.45, 7) is 2.03. The van der Waals surface area contributed by atoms with E-state index in [0.29, 0.717) is 21.8 Å². The summed E-state index contributed by atoms with van der Waals surface area (Å²) in [6, 6.07) is 4.82. The van der Waals surface area contributed by atoms with E-state index in [1.54, 1.807) is 25.1 Å². The molecule has 2 atom stereocenters. The van der Waals surface area contributed by atoms with Crippen molar-refractivity contribution in [2.75, 3.05) is 18.9 Å². The Morgan fingerprint density at radius 2 is 2.05 bits per heavy atom. The average Bonchev–Trinajstić information content (AvgIpc) is 3.25. The van der Waals surface area contributed by atoms with Gasteiger partial charge in [0.25, 0.3) is 11.8 Å². The number of rotatable bonds is 6. The molecule has 0 radical (unpaired) electrons. The second kappa shape index (κ2) is 7.31. The van der Waals surface area contributed by atoms with Gasteiger partial charge < -0.3 is 15.5 Å². The van der Waals surface area contributed by atoms with Crippen LogP contribution in [0.4, 0.5) is 5.69 Å². The highest BCUT2D eigenvalue weighted by Gasteiger charge is 2.28. The Bertz CT molecular complexity index is 576. The third kappa shape index (κ3) is 4.87. The number of halogens is 2. The zero-order valence-corrected chi connectivity index (χ0v) is 14.1. The third-order valence-electron chi connectivity index (χ3n) is 3.70. The van der Waals surface area contributed by atoms with Crippen molar-refractivity contribution in [1.82, 2.24) is 5.32 Å². The molecule has 3 N–H and O–H groups in total. The maximum atomic E-state index is 12.3. The number of amides is 2. The maximum absolute atomic E-state index is 12.3. The Hall–Kier alpha value is -1.30. The van der Waals surface area contributed by atoms with Gasteiger partial charge in [-0.15, -0.1) is 0 Å². The minimum atomic E-state index is -0.389. The number of anilines is 1. The van der Waals surface area contributed by atoms with Crippen LogP contribution in [0.5, 0.6) is 0 Å². The van der Waals surface area contributed by atoms with Gasteiger partial charge in [0.15, 0.2) is 12.6 Å². The molecule has 2 amide bonds. The zero-order chi connectivity index (χ0) is 16.3. The van der Waals surface area contributed by atoms with Crippen molar-refractivity contribution in [3.8, 4) is 0 Å². The first-order valence-corrected chi connectivity index (χ1v) is 8.00. The minimum absolute atomic E-state index is 0.0274. The van der Waals surface area contributed by atoms with Crippen LogP contribution >= 0.6 is 23.2 Å². The quantitative estimate of drug-likeness (QED) is 0.723. The van der Waals surface area contributed by atoms with E-state index in [1.165, 1.54) is 0 Å². The molecule has 1 fully saturated rings. The number of nitrogens with one attached hydrogen (secondary N) is 3. The fraction of sp³-hybridized carbons (Fsp3) is 0.467. The summed E-state index contributed by atoms with van der Waals surface area (Å²) in [5, 5.41) is 6.59. The van der Waals surface area contributed by atoms with Crippen molar-refractivity contribution in [3.05, 3.63) is 28.2 Å². The molecule has 1 aromatic rings. The van der Waals surface area contributed by atoms with Crippen LogP contribution in [0.25, 0.3) is 0 Å². The van der Waals surface area contributed by atoms with Crippen molar-refractivity contribution in [2.24, 2.45) is 0 Å². The van der Waals surface area contributed by atoms with Crippen LogP contribution in [-0.4, -0.2) is 37.5 Å². The van der Waals surface area contributed by atoms with Crippen LogP contribution in [0.15, 0.2) is 18.2 Å². The molecule has 0 heterocycles. The topological polar surface area (TPSA) is 62.6 Å². The van der Waals surface area contributed by atoms with Crippen molar-refractivity contribution in [1.29, 1.82) is 0 Å². The van der Waals surface area contributed by atoms with Gasteiger partial charge in [0.05, 0.1) is 17.8 Å². The molecule has 5 nitrogen and oxygen atoms in total. The molecule has 7 heteroatoms. The lowest BCUT2D eigenvalue weighted by molar-refractivity contribution is -0.885. The number of carbonyl (C=O) groups excluding carboxylic acids is 2. The van der Waals surface area contributed by atoms with Crippen LogP contribution in [0.2, 0.25) is 10.0 Å². The van der Waals surface area contributed by atoms with Crippen molar-refractivity contribution >= 4 is 40.7 Å². The molecule has 22 heavy (non-hydrogen) atoms. The van der Waals surface area contributed by atoms with Gasteiger partial charge >= 0.3 is 0 Å². The summed E-state index contributed by atoms with van der Waals surface area (Å²) >= 11 is 11.9. The normalized spacial score (nSPS) is 16.7. The molecule has 1 aromatic carbocycles. The fourth-order valence-electron chi connectivity index (χ4n) is 1.97. The van der Waals surface area contributed by atoms with Crippen molar-refractivity contribution in [3.63, 3.8) is 0 Å². The summed E-state index contributed by atoms with van der Waals surface area (Å²) in [5.74, 6) is -0.235. The summed E-state index contributed by atoms with van der Waals surface area (Å²) in [7, 11) is 1.82. The molecule has 0 aliphatic heterocycles. The van der Waals surface area contributed by atoms with Crippen LogP contribution in [0.1, 0.15) is 19.8 Å². The van der Waals surface area contributed by atoms with E-state index in [-0.39, 0.29) is 24.4 Å². The minimum Gasteiger partial charge on any atom is -0.348 e. The number of hydrogen-bond acceptors (Lipinski definition) is 2. The predicted octanol–water partition coefficient (Wildman–Crippen LogP) is 1.11. The molecule has 1 aliphatic rings. The molecule has 0 bridgehead atoms. The Labute approximate surface area is 139 Å². The smallest absolute Gasteiger partial charge is 0.282 e. The molecule has 0 saturated heterocycles. The summed E-state index contributed by atoms with van der Waals surface area (Å²) < 4.78 is 0. The van der Waals surface area contributed by atoms with Gasteiger partial charge in [0, 0.05) is 11.1 Å². The summed E-state index contributed by atoms with van der Waals surface area (Å²) in [5.41, 5.74) is 0.473. The summed E-state index contributed by atoms with van der Waals surface area (Å²) in [6.07, 6.45) is 2.10. The van der Waals surface area contributed by atoms with Gasteiger partial charge in [-0.2, -0.15) is 0 Å². The Kier molecular flexibility index (Phi) is 5.67. The molecule has 1 aliphatic carbocycles. The second-order valence-electron chi connectivity index (χ2n) is 5.70. The number of quaternary nitrogens is 1. The first-order chi connectivity index (χ1) is 10.4. The molecule has 0 aromatic heterocycles.